The molecule has 1 unspecified atom stereocenters. The van der Waals surface area contributed by atoms with Crippen molar-refractivity contribution < 1.29 is 19.1 Å². The number of benzene rings is 1. The van der Waals surface area contributed by atoms with E-state index in [0.717, 1.165) is 12.8 Å². The van der Waals surface area contributed by atoms with Gasteiger partial charge in [-0.15, -0.1) is 0 Å². The standard InChI is InChI=1S/C15H19FN2O3/c1-9-11(16)3-2-4-12(9)17-14(20)15(21)18-13(7-8-19)10-5-6-10/h2-4,10,13,19H,5-8H2,1H3,(H,17,20)(H,18,21). The van der Waals surface area contributed by atoms with E-state index in [4.69, 9.17) is 5.11 Å². The molecule has 0 radical (unpaired) electrons. The van der Waals surface area contributed by atoms with Crippen molar-refractivity contribution in [2.24, 2.45) is 5.92 Å². The molecule has 2 amide bonds. The second kappa shape index (κ2) is 6.67. The van der Waals surface area contributed by atoms with Gasteiger partial charge in [-0.05, 0) is 44.2 Å². The fourth-order valence-corrected chi connectivity index (χ4v) is 2.22. The number of carbonyl (C=O) groups is 2. The molecule has 1 saturated carbocycles. The largest absolute Gasteiger partial charge is 0.396 e. The third kappa shape index (κ3) is 4.01. The number of amides is 2. The summed E-state index contributed by atoms with van der Waals surface area (Å²) in [7, 11) is 0. The molecule has 2 rings (SSSR count). The lowest BCUT2D eigenvalue weighted by atomic mass is 10.1. The van der Waals surface area contributed by atoms with Gasteiger partial charge in [-0.25, -0.2) is 4.39 Å². The SMILES string of the molecule is Cc1c(F)cccc1NC(=O)C(=O)NC(CCO)C1CC1. The Hall–Kier alpha value is -1.95. The highest BCUT2D eigenvalue weighted by atomic mass is 19.1. The summed E-state index contributed by atoms with van der Waals surface area (Å²) in [5.41, 5.74) is 0.563. The molecule has 0 spiro atoms. The van der Waals surface area contributed by atoms with Crippen molar-refractivity contribution in [2.75, 3.05) is 11.9 Å². The lowest BCUT2D eigenvalue weighted by Crippen LogP contribution is -2.43. The summed E-state index contributed by atoms with van der Waals surface area (Å²) in [6.07, 6.45) is 2.42. The molecule has 3 N–H and O–H groups in total. The van der Waals surface area contributed by atoms with E-state index < -0.39 is 17.6 Å². The van der Waals surface area contributed by atoms with Crippen molar-refractivity contribution >= 4 is 17.5 Å². The normalized spacial score (nSPS) is 15.4. The van der Waals surface area contributed by atoms with Crippen LogP contribution in [0.3, 0.4) is 0 Å². The Morgan fingerprint density at radius 1 is 1.38 bits per heavy atom. The quantitative estimate of drug-likeness (QED) is 0.717. The number of hydrogen-bond acceptors (Lipinski definition) is 3. The molecule has 21 heavy (non-hydrogen) atoms. The first kappa shape index (κ1) is 15.4. The van der Waals surface area contributed by atoms with Gasteiger partial charge < -0.3 is 15.7 Å². The van der Waals surface area contributed by atoms with Gasteiger partial charge in [0.15, 0.2) is 0 Å². The number of hydrogen-bond donors (Lipinski definition) is 3. The van der Waals surface area contributed by atoms with Crippen LogP contribution in [0, 0.1) is 18.7 Å². The zero-order valence-electron chi connectivity index (χ0n) is 11.9. The van der Waals surface area contributed by atoms with Crippen molar-refractivity contribution in [1.82, 2.24) is 5.32 Å². The van der Waals surface area contributed by atoms with Gasteiger partial charge in [-0.1, -0.05) is 6.07 Å². The van der Waals surface area contributed by atoms with Gasteiger partial charge in [0.2, 0.25) is 0 Å². The molecule has 1 aromatic rings. The highest BCUT2D eigenvalue weighted by Gasteiger charge is 2.33. The predicted octanol–water partition coefficient (Wildman–Crippen LogP) is 1.35. The van der Waals surface area contributed by atoms with Gasteiger partial charge in [0.25, 0.3) is 0 Å². The van der Waals surface area contributed by atoms with Crippen molar-refractivity contribution in [2.45, 2.75) is 32.2 Å². The summed E-state index contributed by atoms with van der Waals surface area (Å²) in [6, 6.07) is 4.11. The summed E-state index contributed by atoms with van der Waals surface area (Å²) in [5, 5.41) is 14.0. The number of carbonyl (C=O) groups excluding carboxylic acids is 2. The van der Waals surface area contributed by atoms with E-state index in [2.05, 4.69) is 10.6 Å². The first-order valence-electron chi connectivity index (χ1n) is 7.00. The Kier molecular flexibility index (Phi) is 4.90. The fraction of sp³-hybridized carbons (Fsp3) is 0.467. The number of aliphatic hydroxyl groups is 1. The predicted molar refractivity (Wildman–Crippen MR) is 76.1 cm³/mol. The lowest BCUT2D eigenvalue weighted by molar-refractivity contribution is -0.136. The second-order valence-electron chi connectivity index (χ2n) is 5.30. The van der Waals surface area contributed by atoms with E-state index in [9.17, 15) is 14.0 Å². The minimum Gasteiger partial charge on any atom is -0.396 e. The van der Waals surface area contributed by atoms with Gasteiger partial charge in [0.1, 0.15) is 5.82 Å². The molecule has 0 aliphatic heterocycles. The molecule has 1 fully saturated rings. The smallest absolute Gasteiger partial charge is 0.313 e. The monoisotopic (exact) mass is 294 g/mol. The third-order valence-electron chi connectivity index (χ3n) is 3.67. The Labute approximate surface area is 122 Å². The third-order valence-corrected chi connectivity index (χ3v) is 3.67. The number of nitrogens with one attached hydrogen (secondary N) is 2. The van der Waals surface area contributed by atoms with Gasteiger partial charge in [-0.3, -0.25) is 9.59 Å². The minimum atomic E-state index is -0.827. The average molecular weight is 294 g/mol. The van der Waals surface area contributed by atoms with E-state index in [-0.39, 0.29) is 23.9 Å². The van der Waals surface area contributed by atoms with Crippen LogP contribution in [0.15, 0.2) is 18.2 Å². The van der Waals surface area contributed by atoms with Crippen LogP contribution in [-0.2, 0) is 9.59 Å². The van der Waals surface area contributed by atoms with Crippen LogP contribution in [0.4, 0.5) is 10.1 Å². The zero-order chi connectivity index (χ0) is 15.4. The number of rotatable bonds is 5. The van der Waals surface area contributed by atoms with Crippen LogP contribution in [-0.4, -0.2) is 29.6 Å². The van der Waals surface area contributed by atoms with Crippen molar-refractivity contribution in [3.8, 4) is 0 Å². The molecule has 6 heteroatoms. The number of anilines is 1. The summed E-state index contributed by atoms with van der Waals surface area (Å²) in [6.45, 7) is 1.49. The van der Waals surface area contributed by atoms with Gasteiger partial charge >= 0.3 is 11.8 Å². The van der Waals surface area contributed by atoms with Crippen LogP contribution >= 0.6 is 0 Å². The van der Waals surface area contributed by atoms with Crippen LogP contribution in [0.25, 0.3) is 0 Å². The molecule has 0 bridgehead atoms. The molecule has 1 atom stereocenters. The van der Waals surface area contributed by atoms with Crippen molar-refractivity contribution in [3.63, 3.8) is 0 Å². The molecule has 1 aromatic carbocycles. The Morgan fingerprint density at radius 2 is 2.10 bits per heavy atom. The molecule has 1 aliphatic carbocycles. The first-order valence-corrected chi connectivity index (χ1v) is 7.00. The molecule has 1 aliphatic rings. The molecule has 0 heterocycles. The van der Waals surface area contributed by atoms with Gasteiger partial charge in [0, 0.05) is 23.9 Å². The van der Waals surface area contributed by atoms with Crippen LogP contribution < -0.4 is 10.6 Å². The maximum absolute atomic E-state index is 13.4. The molecule has 0 saturated heterocycles. The molecule has 5 nitrogen and oxygen atoms in total. The summed E-state index contributed by atoms with van der Waals surface area (Å²) in [4.78, 5) is 23.7. The fourth-order valence-electron chi connectivity index (χ4n) is 2.22. The summed E-state index contributed by atoms with van der Waals surface area (Å²) < 4.78 is 13.4. The molecular formula is C15H19FN2O3. The first-order chi connectivity index (χ1) is 10.0. The zero-order valence-corrected chi connectivity index (χ0v) is 11.9. The summed E-state index contributed by atoms with van der Waals surface area (Å²) in [5.74, 6) is -1.69. The van der Waals surface area contributed by atoms with Gasteiger partial charge in [-0.2, -0.15) is 0 Å². The molecular weight excluding hydrogens is 275 g/mol. The average Bonchev–Trinajstić information content (AvgIpc) is 3.27. The second-order valence-corrected chi connectivity index (χ2v) is 5.30. The van der Waals surface area contributed by atoms with Gasteiger partial charge in [0.05, 0.1) is 0 Å². The maximum Gasteiger partial charge on any atom is 0.313 e. The van der Waals surface area contributed by atoms with Crippen molar-refractivity contribution in [1.29, 1.82) is 0 Å². The van der Waals surface area contributed by atoms with Crippen LogP contribution in [0.1, 0.15) is 24.8 Å². The van der Waals surface area contributed by atoms with Crippen LogP contribution in [0.5, 0.6) is 0 Å². The maximum atomic E-state index is 13.4. The van der Waals surface area contributed by atoms with Crippen molar-refractivity contribution in [3.05, 3.63) is 29.6 Å². The van der Waals surface area contributed by atoms with E-state index in [1.165, 1.54) is 25.1 Å². The van der Waals surface area contributed by atoms with E-state index in [0.29, 0.717) is 12.3 Å². The Bertz CT molecular complexity index is 544. The Balaban J connectivity index is 1.95. The molecule has 114 valence electrons. The van der Waals surface area contributed by atoms with E-state index in [1.54, 1.807) is 0 Å². The topological polar surface area (TPSA) is 78.4 Å². The van der Waals surface area contributed by atoms with Crippen LogP contribution in [0.2, 0.25) is 0 Å². The number of halogens is 1. The van der Waals surface area contributed by atoms with E-state index in [1.807, 2.05) is 0 Å². The summed E-state index contributed by atoms with van der Waals surface area (Å²) >= 11 is 0. The molecule has 0 aromatic heterocycles. The van der Waals surface area contributed by atoms with E-state index >= 15 is 0 Å². The lowest BCUT2D eigenvalue weighted by Gasteiger charge is -2.17. The minimum absolute atomic E-state index is 0.0356. The Morgan fingerprint density at radius 3 is 2.71 bits per heavy atom. The highest BCUT2D eigenvalue weighted by molar-refractivity contribution is 6.39. The highest BCUT2D eigenvalue weighted by Crippen LogP contribution is 2.33. The number of aliphatic hydroxyl groups excluding tert-OH is 1.